The Morgan fingerprint density at radius 2 is 2.31 bits per heavy atom. The fourth-order valence-electron chi connectivity index (χ4n) is 1.34. The van der Waals surface area contributed by atoms with Crippen molar-refractivity contribution in [2.75, 3.05) is 18.6 Å². The van der Waals surface area contributed by atoms with Gasteiger partial charge in [-0.05, 0) is 43.2 Å². The summed E-state index contributed by atoms with van der Waals surface area (Å²) in [6, 6.07) is 6.44. The minimum absolute atomic E-state index is 0.253. The summed E-state index contributed by atoms with van der Waals surface area (Å²) in [5, 5.41) is 11.9. The largest absolute Gasteiger partial charge is 0.313 e. The van der Waals surface area contributed by atoms with Gasteiger partial charge in [-0.25, -0.2) is 4.39 Å². The second-order valence-corrected chi connectivity index (χ2v) is 4.43. The first-order valence-corrected chi connectivity index (χ1v) is 6.55. The quantitative estimate of drug-likeness (QED) is 0.774. The molecule has 1 N–H and O–H groups in total. The first-order chi connectivity index (χ1) is 7.77. The van der Waals surface area contributed by atoms with Gasteiger partial charge >= 0.3 is 0 Å². The second-order valence-electron chi connectivity index (χ2n) is 3.44. The number of halogens is 1. The minimum Gasteiger partial charge on any atom is -0.313 e. The molecule has 0 amide bonds. The van der Waals surface area contributed by atoms with Gasteiger partial charge in [0.2, 0.25) is 0 Å². The van der Waals surface area contributed by atoms with E-state index in [9.17, 15) is 4.39 Å². The summed E-state index contributed by atoms with van der Waals surface area (Å²) in [5.74, 6) is 0.852. The lowest BCUT2D eigenvalue weighted by Gasteiger charge is -2.05. The normalized spacial score (nSPS) is 10.1. The number of nitrogens with zero attached hydrogens (tertiary/aromatic N) is 1. The topological polar surface area (TPSA) is 35.8 Å². The van der Waals surface area contributed by atoms with Crippen molar-refractivity contribution >= 4 is 11.8 Å². The van der Waals surface area contributed by atoms with Crippen LogP contribution in [0.25, 0.3) is 0 Å². The van der Waals surface area contributed by atoms with Crippen molar-refractivity contribution in [2.45, 2.75) is 13.0 Å². The van der Waals surface area contributed by atoms with Crippen LogP contribution < -0.4 is 5.32 Å². The van der Waals surface area contributed by atoms with Crippen LogP contribution in [0.4, 0.5) is 4.39 Å². The van der Waals surface area contributed by atoms with Crippen molar-refractivity contribution < 1.29 is 4.39 Å². The number of nitrogens with one attached hydrogen (secondary N) is 1. The molecule has 0 radical (unpaired) electrons. The van der Waals surface area contributed by atoms with E-state index < -0.39 is 0 Å². The summed E-state index contributed by atoms with van der Waals surface area (Å²) in [6.07, 6.45) is 3.14. The Bertz CT molecular complexity index is 374. The molecule has 16 heavy (non-hydrogen) atoms. The highest BCUT2D eigenvalue weighted by Crippen LogP contribution is 2.09. The van der Waals surface area contributed by atoms with Crippen molar-refractivity contribution in [1.29, 1.82) is 5.26 Å². The van der Waals surface area contributed by atoms with Crippen LogP contribution in [0.3, 0.4) is 0 Å². The highest BCUT2D eigenvalue weighted by atomic mass is 32.2. The van der Waals surface area contributed by atoms with E-state index in [1.54, 1.807) is 17.8 Å². The van der Waals surface area contributed by atoms with Crippen LogP contribution in [0.1, 0.15) is 17.5 Å². The molecule has 0 aromatic heterocycles. The first-order valence-electron chi connectivity index (χ1n) is 5.16. The van der Waals surface area contributed by atoms with E-state index in [0.29, 0.717) is 17.7 Å². The third-order valence-corrected chi connectivity index (χ3v) is 2.89. The average molecular weight is 238 g/mol. The molecule has 0 saturated carbocycles. The van der Waals surface area contributed by atoms with Gasteiger partial charge in [0.05, 0.1) is 11.6 Å². The van der Waals surface area contributed by atoms with E-state index in [4.69, 9.17) is 5.26 Å². The van der Waals surface area contributed by atoms with Crippen molar-refractivity contribution in [3.8, 4) is 6.07 Å². The summed E-state index contributed by atoms with van der Waals surface area (Å²) >= 11 is 1.80. The standard InChI is InChI=1S/C12H15FN2S/c1-16-6-2-5-15-9-11-7-10(8-14)3-4-12(11)13/h3-4,7,15H,2,5-6,9H2,1H3. The number of rotatable bonds is 6. The molecule has 0 spiro atoms. The van der Waals surface area contributed by atoms with Gasteiger partial charge in [0.1, 0.15) is 5.82 Å². The van der Waals surface area contributed by atoms with Gasteiger partial charge in [-0.3, -0.25) is 0 Å². The number of benzene rings is 1. The number of hydrogen-bond donors (Lipinski definition) is 1. The predicted molar refractivity (Wildman–Crippen MR) is 65.8 cm³/mol. The summed E-state index contributed by atoms with van der Waals surface area (Å²) in [5.41, 5.74) is 1.06. The lowest BCUT2D eigenvalue weighted by Crippen LogP contribution is -2.16. The summed E-state index contributed by atoms with van der Waals surface area (Å²) in [6.45, 7) is 1.35. The fraction of sp³-hybridized carbons (Fsp3) is 0.417. The van der Waals surface area contributed by atoms with E-state index in [1.807, 2.05) is 6.07 Å². The summed E-state index contributed by atoms with van der Waals surface area (Å²) in [4.78, 5) is 0. The van der Waals surface area contributed by atoms with Crippen LogP contribution in [0.15, 0.2) is 18.2 Å². The predicted octanol–water partition coefficient (Wildman–Crippen LogP) is 2.54. The number of hydrogen-bond acceptors (Lipinski definition) is 3. The van der Waals surface area contributed by atoms with Crippen LogP contribution in [0.2, 0.25) is 0 Å². The smallest absolute Gasteiger partial charge is 0.127 e. The van der Waals surface area contributed by atoms with Crippen LogP contribution in [-0.2, 0) is 6.54 Å². The molecule has 1 rings (SSSR count). The van der Waals surface area contributed by atoms with Gasteiger partial charge in [-0.1, -0.05) is 0 Å². The van der Waals surface area contributed by atoms with E-state index in [1.165, 1.54) is 12.1 Å². The van der Waals surface area contributed by atoms with Gasteiger partial charge in [-0.2, -0.15) is 17.0 Å². The molecule has 0 unspecified atom stereocenters. The molecule has 0 aliphatic carbocycles. The molecule has 0 aliphatic heterocycles. The molecular formula is C12H15FN2S. The lowest BCUT2D eigenvalue weighted by atomic mass is 10.1. The van der Waals surface area contributed by atoms with Crippen LogP contribution in [-0.4, -0.2) is 18.6 Å². The Labute approximate surface area is 99.9 Å². The van der Waals surface area contributed by atoms with Gasteiger partial charge in [0.25, 0.3) is 0 Å². The van der Waals surface area contributed by atoms with Crippen LogP contribution in [0, 0.1) is 17.1 Å². The summed E-state index contributed by atoms with van der Waals surface area (Å²) < 4.78 is 13.3. The molecule has 1 aromatic carbocycles. The van der Waals surface area contributed by atoms with Crippen molar-refractivity contribution in [3.05, 3.63) is 35.1 Å². The molecule has 0 aliphatic rings. The highest BCUT2D eigenvalue weighted by Gasteiger charge is 2.02. The molecule has 0 fully saturated rings. The van der Waals surface area contributed by atoms with E-state index in [0.717, 1.165) is 18.7 Å². The minimum atomic E-state index is -0.253. The van der Waals surface area contributed by atoms with Crippen molar-refractivity contribution in [3.63, 3.8) is 0 Å². The van der Waals surface area contributed by atoms with Gasteiger partial charge in [0.15, 0.2) is 0 Å². The molecule has 2 nitrogen and oxygen atoms in total. The Kier molecular flexibility index (Phi) is 5.91. The maximum atomic E-state index is 13.3. The third kappa shape index (κ3) is 4.21. The lowest BCUT2D eigenvalue weighted by molar-refractivity contribution is 0.587. The molecular weight excluding hydrogens is 223 g/mol. The number of nitriles is 1. The Morgan fingerprint density at radius 1 is 1.50 bits per heavy atom. The zero-order chi connectivity index (χ0) is 11.8. The maximum absolute atomic E-state index is 13.3. The van der Waals surface area contributed by atoms with Crippen LogP contribution in [0.5, 0.6) is 0 Å². The third-order valence-electron chi connectivity index (χ3n) is 2.19. The Morgan fingerprint density at radius 3 is 3.00 bits per heavy atom. The van der Waals surface area contributed by atoms with E-state index in [2.05, 4.69) is 11.6 Å². The Hall–Kier alpha value is -1.05. The summed E-state index contributed by atoms with van der Waals surface area (Å²) in [7, 11) is 0. The molecule has 0 heterocycles. The molecule has 0 bridgehead atoms. The van der Waals surface area contributed by atoms with Gasteiger partial charge < -0.3 is 5.32 Å². The molecule has 86 valence electrons. The highest BCUT2D eigenvalue weighted by molar-refractivity contribution is 7.98. The molecule has 1 aromatic rings. The van der Waals surface area contributed by atoms with E-state index in [-0.39, 0.29) is 5.82 Å². The fourth-order valence-corrected chi connectivity index (χ4v) is 1.78. The van der Waals surface area contributed by atoms with Gasteiger partial charge in [-0.15, -0.1) is 0 Å². The molecule has 0 atom stereocenters. The molecule has 4 heteroatoms. The number of thioether (sulfide) groups is 1. The second kappa shape index (κ2) is 7.26. The SMILES string of the molecule is CSCCCNCc1cc(C#N)ccc1F. The zero-order valence-electron chi connectivity index (χ0n) is 9.29. The first kappa shape index (κ1) is 13.0. The van der Waals surface area contributed by atoms with Crippen LogP contribution >= 0.6 is 11.8 Å². The molecule has 0 saturated heterocycles. The monoisotopic (exact) mass is 238 g/mol. The average Bonchev–Trinajstić information content (AvgIpc) is 2.31. The maximum Gasteiger partial charge on any atom is 0.127 e. The van der Waals surface area contributed by atoms with E-state index >= 15 is 0 Å². The van der Waals surface area contributed by atoms with Crippen molar-refractivity contribution in [2.24, 2.45) is 0 Å². The van der Waals surface area contributed by atoms with Gasteiger partial charge in [0, 0.05) is 12.1 Å². The Balaban J connectivity index is 2.44. The zero-order valence-corrected chi connectivity index (χ0v) is 10.1. The van der Waals surface area contributed by atoms with Crippen molar-refractivity contribution in [1.82, 2.24) is 5.32 Å².